The molecular formula is C11H17N3O3. The maximum atomic E-state index is 11.3. The topological polar surface area (TPSA) is 88.2 Å². The first-order valence-electron chi connectivity index (χ1n) is 5.87. The number of aryl methyl sites for hydroxylation is 2. The summed E-state index contributed by atoms with van der Waals surface area (Å²) in [5.74, 6) is 0.573. The monoisotopic (exact) mass is 239 g/mol. The summed E-state index contributed by atoms with van der Waals surface area (Å²) in [5, 5.41) is 26.0. The van der Waals surface area contributed by atoms with Gasteiger partial charge in [0, 0.05) is 13.0 Å². The highest BCUT2D eigenvalue weighted by Gasteiger charge is 2.54. The molecule has 1 fully saturated rings. The van der Waals surface area contributed by atoms with Gasteiger partial charge in [-0.1, -0.05) is 0 Å². The van der Waals surface area contributed by atoms with Gasteiger partial charge in [-0.2, -0.15) is 0 Å². The van der Waals surface area contributed by atoms with Gasteiger partial charge < -0.3 is 10.2 Å². The van der Waals surface area contributed by atoms with E-state index in [1.807, 2.05) is 0 Å². The predicted molar refractivity (Wildman–Crippen MR) is 59.6 cm³/mol. The Hall–Kier alpha value is -1.43. The van der Waals surface area contributed by atoms with Crippen molar-refractivity contribution in [1.82, 2.24) is 14.8 Å². The highest BCUT2D eigenvalue weighted by molar-refractivity contribution is 5.80. The average molecular weight is 239 g/mol. The summed E-state index contributed by atoms with van der Waals surface area (Å²) in [6, 6.07) is 0. The minimum Gasteiger partial charge on any atom is -0.479 e. The number of carbonyl (C=O) groups is 1. The maximum Gasteiger partial charge on any atom is 0.329 e. The maximum absolute atomic E-state index is 11.3. The van der Waals surface area contributed by atoms with E-state index in [-0.39, 0.29) is 6.61 Å². The molecule has 0 unspecified atom stereocenters. The fourth-order valence-electron chi connectivity index (χ4n) is 2.17. The van der Waals surface area contributed by atoms with Gasteiger partial charge >= 0.3 is 5.97 Å². The minimum absolute atomic E-state index is 0.150. The van der Waals surface area contributed by atoms with Crippen LogP contribution in [0.15, 0.2) is 0 Å². The van der Waals surface area contributed by atoms with Gasteiger partial charge in [-0.15, -0.1) is 10.2 Å². The largest absolute Gasteiger partial charge is 0.479 e. The molecule has 0 bridgehead atoms. The van der Waals surface area contributed by atoms with E-state index in [0.29, 0.717) is 31.5 Å². The summed E-state index contributed by atoms with van der Waals surface area (Å²) in [7, 11) is 0. The van der Waals surface area contributed by atoms with Crippen molar-refractivity contribution in [2.75, 3.05) is 6.61 Å². The summed E-state index contributed by atoms with van der Waals surface area (Å²) in [6.45, 7) is 1.93. The van der Waals surface area contributed by atoms with E-state index in [0.717, 1.165) is 12.2 Å². The Morgan fingerprint density at radius 1 is 1.41 bits per heavy atom. The number of rotatable bonds is 6. The van der Waals surface area contributed by atoms with E-state index < -0.39 is 11.5 Å². The number of nitrogens with zero attached hydrogens (tertiary/aromatic N) is 3. The second kappa shape index (κ2) is 4.44. The van der Waals surface area contributed by atoms with Crippen LogP contribution in [0.1, 0.15) is 37.3 Å². The Balaban J connectivity index is 2.21. The number of aliphatic carboxylic acids is 1. The molecule has 1 aliphatic rings. The Morgan fingerprint density at radius 2 is 2.12 bits per heavy atom. The van der Waals surface area contributed by atoms with E-state index in [2.05, 4.69) is 10.2 Å². The molecule has 17 heavy (non-hydrogen) atoms. The van der Waals surface area contributed by atoms with E-state index in [4.69, 9.17) is 5.11 Å². The van der Waals surface area contributed by atoms with Gasteiger partial charge in [-0.25, -0.2) is 4.79 Å². The molecule has 0 radical (unpaired) electrons. The first-order valence-corrected chi connectivity index (χ1v) is 5.87. The number of carboxylic acid groups (broad SMARTS) is 1. The molecule has 6 nitrogen and oxygen atoms in total. The summed E-state index contributed by atoms with van der Waals surface area (Å²) in [4.78, 5) is 11.3. The quantitative estimate of drug-likeness (QED) is 0.705. The smallest absolute Gasteiger partial charge is 0.329 e. The van der Waals surface area contributed by atoms with Crippen LogP contribution < -0.4 is 0 Å². The van der Waals surface area contributed by atoms with Crippen LogP contribution in [0.2, 0.25) is 0 Å². The van der Waals surface area contributed by atoms with Crippen LogP contribution in [-0.2, 0) is 16.8 Å². The van der Waals surface area contributed by atoms with Crippen molar-refractivity contribution in [3.8, 4) is 0 Å². The molecule has 0 aliphatic heterocycles. The SMILES string of the molecule is Cc1nnc(CCCCO)n1C1(C(=O)O)CC1. The number of carboxylic acids is 1. The molecule has 0 aromatic carbocycles. The standard InChI is InChI=1S/C11H17N3O3/c1-8-12-13-9(4-2-3-7-15)14(8)11(5-6-11)10(16)17/h15H,2-7H2,1H3,(H,16,17). The predicted octanol–water partition coefficient (Wildman–Crippen LogP) is 0.475. The number of aliphatic hydroxyl groups is 1. The van der Waals surface area contributed by atoms with Crippen molar-refractivity contribution in [3.63, 3.8) is 0 Å². The summed E-state index contributed by atoms with van der Waals surface area (Å²) >= 11 is 0. The normalized spacial score (nSPS) is 17.1. The highest BCUT2D eigenvalue weighted by Crippen LogP contribution is 2.45. The van der Waals surface area contributed by atoms with E-state index >= 15 is 0 Å². The highest BCUT2D eigenvalue weighted by atomic mass is 16.4. The van der Waals surface area contributed by atoms with E-state index in [1.54, 1.807) is 11.5 Å². The molecule has 0 amide bonds. The number of aliphatic hydroxyl groups excluding tert-OH is 1. The molecular weight excluding hydrogens is 222 g/mol. The Kier molecular flexibility index (Phi) is 3.15. The lowest BCUT2D eigenvalue weighted by Gasteiger charge is -2.15. The van der Waals surface area contributed by atoms with Crippen molar-refractivity contribution in [3.05, 3.63) is 11.6 Å². The van der Waals surface area contributed by atoms with Crippen LogP contribution in [0.5, 0.6) is 0 Å². The number of hydrogen-bond donors (Lipinski definition) is 2. The third-order valence-corrected chi connectivity index (χ3v) is 3.25. The first-order chi connectivity index (χ1) is 8.12. The fraction of sp³-hybridized carbons (Fsp3) is 0.727. The zero-order valence-electron chi connectivity index (χ0n) is 9.89. The van der Waals surface area contributed by atoms with Gasteiger partial charge in [0.15, 0.2) is 0 Å². The minimum atomic E-state index is -0.803. The van der Waals surface area contributed by atoms with Crippen LogP contribution >= 0.6 is 0 Å². The Morgan fingerprint density at radius 3 is 2.65 bits per heavy atom. The van der Waals surface area contributed by atoms with Gasteiger partial charge in [0.25, 0.3) is 0 Å². The van der Waals surface area contributed by atoms with Gasteiger partial charge in [-0.05, 0) is 32.6 Å². The Labute approximate surface area is 99.3 Å². The average Bonchev–Trinajstić information content (AvgIpc) is 3.00. The zero-order chi connectivity index (χ0) is 12.5. The van der Waals surface area contributed by atoms with Crippen molar-refractivity contribution in [1.29, 1.82) is 0 Å². The lowest BCUT2D eigenvalue weighted by Crippen LogP contribution is -2.30. The zero-order valence-corrected chi connectivity index (χ0v) is 9.89. The van der Waals surface area contributed by atoms with E-state index in [1.165, 1.54) is 0 Å². The number of unbranched alkanes of at least 4 members (excludes halogenated alkanes) is 1. The second-order valence-electron chi connectivity index (χ2n) is 4.52. The molecule has 0 spiro atoms. The molecule has 94 valence electrons. The third kappa shape index (κ3) is 2.04. The third-order valence-electron chi connectivity index (χ3n) is 3.25. The fourth-order valence-corrected chi connectivity index (χ4v) is 2.17. The first kappa shape index (κ1) is 12.0. The Bertz CT molecular complexity index is 424. The molecule has 1 aromatic heterocycles. The van der Waals surface area contributed by atoms with Crippen molar-refractivity contribution < 1.29 is 15.0 Å². The van der Waals surface area contributed by atoms with Crippen LogP contribution in [-0.4, -0.2) is 37.6 Å². The summed E-state index contributed by atoms with van der Waals surface area (Å²) < 4.78 is 1.76. The van der Waals surface area contributed by atoms with Gasteiger partial charge in [0.1, 0.15) is 17.2 Å². The lowest BCUT2D eigenvalue weighted by atomic mass is 10.2. The molecule has 1 aliphatic carbocycles. The molecule has 1 heterocycles. The molecule has 0 atom stereocenters. The molecule has 1 saturated carbocycles. The van der Waals surface area contributed by atoms with Gasteiger partial charge in [-0.3, -0.25) is 4.57 Å². The van der Waals surface area contributed by atoms with Crippen LogP contribution in [0.3, 0.4) is 0 Å². The number of aromatic nitrogens is 3. The lowest BCUT2D eigenvalue weighted by molar-refractivity contribution is -0.142. The molecule has 2 N–H and O–H groups in total. The van der Waals surface area contributed by atoms with Crippen LogP contribution in [0, 0.1) is 6.92 Å². The molecule has 0 saturated heterocycles. The summed E-state index contributed by atoms with van der Waals surface area (Å²) in [6.07, 6.45) is 3.45. The number of hydrogen-bond acceptors (Lipinski definition) is 4. The van der Waals surface area contributed by atoms with Crippen molar-refractivity contribution >= 4 is 5.97 Å². The summed E-state index contributed by atoms with van der Waals surface area (Å²) in [5.41, 5.74) is -0.803. The van der Waals surface area contributed by atoms with Crippen molar-refractivity contribution in [2.45, 2.75) is 44.6 Å². The van der Waals surface area contributed by atoms with Gasteiger partial charge in [0.05, 0.1) is 0 Å². The molecule has 2 rings (SSSR count). The van der Waals surface area contributed by atoms with E-state index in [9.17, 15) is 9.90 Å². The van der Waals surface area contributed by atoms with Crippen molar-refractivity contribution in [2.24, 2.45) is 0 Å². The molecule has 6 heteroatoms. The van der Waals surface area contributed by atoms with Crippen LogP contribution in [0.25, 0.3) is 0 Å². The molecule has 1 aromatic rings. The van der Waals surface area contributed by atoms with Gasteiger partial charge in [0.2, 0.25) is 0 Å². The van der Waals surface area contributed by atoms with Crippen LogP contribution in [0.4, 0.5) is 0 Å². The second-order valence-corrected chi connectivity index (χ2v) is 4.52.